The lowest BCUT2D eigenvalue weighted by Crippen LogP contribution is -2.28. The van der Waals surface area contributed by atoms with Gasteiger partial charge in [0.2, 0.25) is 0 Å². The van der Waals surface area contributed by atoms with E-state index >= 15 is 0 Å². The molecule has 1 spiro atoms. The summed E-state index contributed by atoms with van der Waals surface area (Å²) in [5, 5.41) is 0. The van der Waals surface area contributed by atoms with Gasteiger partial charge in [0.25, 0.3) is 0 Å². The molecule has 0 bridgehead atoms. The average molecular weight is 235 g/mol. The molecule has 1 nitrogen and oxygen atoms in total. The minimum absolute atomic E-state index is 0.252. The first-order valence-electron chi connectivity index (χ1n) is 6.69. The highest BCUT2D eigenvalue weighted by molar-refractivity contribution is 5.81. The monoisotopic (exact) mass is 235 g/mol. The average Bonchev–Trinajstić information content (AvgIpc) is 2.93. The van der Waals surface area contributed by atoms with Crippen LogP contribution >= 0.6 is 0 Å². The molecule has 1 aliphatic carbocycles. The van der Waals surface area contributed by atoms with Gasteiger partial charge in [-0.3, -0.25) is 0 Å². The van der Waals surface area contributed by atoms with Crippen LogP contribution in [0.5, 0.6) is 0 Å². The van der Waals surface area contributed by atoms with E-state index in [1.165, 1.54) is 35.2 Å². The van der Waals surface area contributed by atoms with Crippen LogP contribution in [0.1, 0.15) is 17.5 Å². The smallest absolute Gasteiger partial charge is 0.0354 e. The highest BCUT2D eigenvalue weighted by Gasteiger charge is 2.46. The summed E-state index contributed by atoms with van der Waals surface area (Å²) in [4.78, 5) is 2.46. The van der Waals surface area contributed by atoms with E-state index in [9.17, 15) is 0 Å². The number of hydrogen-bond acceptors (Lipinski definition) is 1. The molecule has 1 aliphatic heterocycles. The molecule has 0 N–H and O–H groups in total. The minimum Gasteiger partial charge on any atom is -0.305 e. The van der Waals surface area contributed by atoms with Crippen LogP contribution in [0, 0.1) is 0 Å². The Labute approximate surface area is 108 Å². The van der Waals surface area contributed by atoms with Crippen molar-refractivity contribution >= 4 is 0 Å². The molecular formula is C17H17N. The van der Waals surface area contributed by atoms with Crippen LogP contribution in [-0.4, -0.2) is 25.0 Å². The van der Waals surface area contributed by atoms with Gasteiger partial charge in [-0.2, -0.15) is 0 Å². The zero-order chi connectivity index (χ0) is 12.2. The summed E-state index contributed by atoms with van der Waals surface area (Å²) in [5.41, 5.74) is 6.22. The van der Waals surface area contributed by atoms with E-state index in [1.807, 2.05) is 0 Å². The maximum atomic E-state index is 2.46. The van der Waals surface area contributed by atoms with E-state index in [2.05, 4.69) is 60.5 Å². The van der Waals surface area contributed by atoms with Crippen LogP contribution in [0.2, 0.25) is 0 Å². The predicted molar refractivity (Wildman–Crippen MR) is 74.8 cm³/mol. The largest absolute Gasteiger partial charge is 0.305 e. The summed E-state index contributed by atoms with van der Waals surface area (Å²) in [6, 6.07) is 17.9. The van der Waals surface area contributed by atoms with Crippen molar-refractivity contribution in [1.82, 2.24) is 4.90 Å². The maximum absolute atomic E-state index is 2.46. The Kier molecular flexibility index (Phi) is 1.98. The number of benzene rings is 2. The van der Waals surface area contributed by atoms with E-state index in [1.54, 1.807) is 0 Å². The van der Waals surface area contributed by atoms with Gasteiger partial charge in [-0.05, 0) is 42.3 Å². The molecular weight excluding hydrogens is 218 g/mol. The minimum atomic E-state index is 0.252. The van der Waals surface area contributed by atoms with Crippen LogP contribution in [0.4, 0.5) is 0 Å². The van der Waals surface area contributed by atoms with Crippen molar-refractivity contribution in [3.05, 3.63) is 59.7 Å². The van der Waals surface area contributed by atoms with E-state index < -0.39 is 0 Å². The molecule has 2 aromatic carbocycles. The Morgan fingerprint density at radius 3 is 1.94 bits per heavy atom. The number of fused-ring (bicyclic) bond motifs is 5. The van der Waals surface area contributed by atoms with E-state index in [0.29, 0.717) is 0 Å². The third kappa shape index (κ3) is 1.15. The molecule has 1 heterocycles. The zero-order valence-electron chi connectivity index (χ0n) is 10.7. The molecule has 1 heteroatoms. The van der Waals surface area contributed by atoms with E-state index in [0.717, 1.165) is 6.54 Å². The fourth-order valence-corrected chi connectivity index (χ4v) is 3.86. The van der Waals surface area contributed by atoms with Crippen molar-refractivity contribution in [2.75, 3.05) is 20.1 Å². The summed E-state index contributed by atoms with van der Waals surface area (Å²) in [6.07, 6.45) is 1.25. The van der Waals surface area contributed by atoms with Crippen molar-refractivity contribution < 1.29 is 0 Å². The number of likely N-dealkylation sites (N-methyl/N-ethyl adjacent to an activating group) is 1. The lowest BCUT2D eigenvalue weighted by atomic mass is 9.77. The first-order chi connectivity index (χ1) is 8.81. The molecule has 18 heavy (non-hydrogen) atoms. The first kappa shape index (κ1) is 10.3. The fraction of sp³-hybridized carbons (Fsp3) is 0.294. The number of hydrogen-bond donors (Lipinski definition) is 0. The quantitative estimate of drug-likeness (QED) is 0.677. The summed E-state index contributed by atoms with van der Waals surface area (Å²) in [5.74, 6) is 0. The van der Waals surface area contributed by atoms with Gasteiger partial charge >= 0.3 is 0 Å². The highest BCUT2D eigenvalue weighted by atomic mass is 15.1. The van der Waals surface area contributed by atoms with Crippen LogP contribution in [0.25, 0.3) is 11.1 Å². The molecule has 1 saturated heterocycles. The Hall–Kier alpha value is -1.60. The second kappa shape index (κ2) is 3.46. The molecule has 0 atom stereocenters. The Balaban J connectivity index is 2.04. The van der Waals surface area contributed by atoms with Crippen molar-refractivity contribution in [2.24, 2.45) is 0 Å². The van der Waals surface area contributed by atoms with Gasteiger partial charge in [-0.1, -0.05) is 48.5 Å². The van der Waals surface area contributed by atoms with E-state index in [4.69, 9.17) is 0 Å². The molecule has 2 aliphatic rings. The molecule has 4 rings (SSSR count). The van der Waals surface area contributed by atoms with Crippen LogP contribution in [0.3, 0.4) is 0 Å². The fourth-order valence-electron chi connectivity index (χ4n) is 3.86. The lowest BCUT2D eigenvalue weighted by molar-refractivity contribution is 0.393. The van der Waals surface area contributed by atoms with Crippen molar-refractivity contribution in [3.8, 4) is 11.1 Å². The van der Waals surface area contributed by atoms with Gasteiger partial charge in [0.05, 0.1) is 0 Å². The molecule has 0 radical (unpaired) electrons. The maximum Gasteiger partial charge on any atom is 0.0354 e. The SMILES string of the molecule is CN1CCC2(C1)c1ccccc1-c1ccccc12. The topological polar surface area (TPSA) is 3.24 Å². The first-order valence-corrected chi connectivity index (χ1v) is 6.69. The summed E-state index contributed by atoms with van der Waals surface area (Å²) in [7, 11) is 2.23. The predicted octanol–water partition coefficient (Wildman–Crippen LogP) is 3.29. The van der Waals surface area contributed by atoms with Gasteiger partial charge in [0.15, 0.2) is 0 Å². The van der Waals surface area contributed by atoms with Crippen LogP contribution in [0.15, 0.2) is 48.5 Å². The van der Waals surface area contributed by atoms with Gasteiger partial charge in [-0.25, -0.2) is 0 Å². The van der Waals surface area contributed by atoms with Crippen molar-refractivity contribution in [1.29, 1.82) is 0 Å². The van der Waals surface area contributed by atoms with E-state index in [-0.39, 0.29) is 5.41 Å². The molecule has 0 unspecified atom stereocenters. The third-order valence-corrected chi connectivity index (χ3v) is 4.64. The molecule has 90 valence electrons. The van der Waals surface area contributed by atoms with Crippen LogP contribution in [-0.2, 0) is 5.41 Å². The molecule has 0 amide bonds. The molecule has 0 saturated carbocycles. The number of nitrogens with zero attached hydrogens (tertiary/aromatic N) is 1. The number of likely N-dealkylation sites (tertiary alicyclic amines) is 1. The Morgan fingerprint density at radius 2 is 1.44 bits per heavy atom. The van der Waals surface area contributed by atoms with Gasteiger partial charge < -0.3 is 4.90 Å². The Bertz CT molecular complexity index is 569. The van der Waals surface area contributed by atoms with Gasteiger partial charge in [-0.15, -0.1) is 0 Å². The Morgan fingerprint density at radius 1 is 0.889 bits per heavy atom. The van der Waals surface area contributed by atoms with Gasteiger partial charge in [0.1, 0.15) is 0 Å². The zero-order valence-corrected chi connectivity index (χ0v) is 10.7. The van der Waals surface area contributed by atoms with Crippen molar-refractivity contribution in [2.45, 2.75) is 11.8 Å². The second-order valence-electron chi connectivity index (χ2n) is 5.66. The molecule has 0 aromatic heterocycles. The summed E-state index contributed by atoms with van der Waals surface area (Å²) < 4.78 is 0. The number of rotatable bonds is 0. The standard InChI is InChI=1S/C17H17N/c1-18-11-10-17(12-18)15-8-4-2-6-13(15)14-7-3-5-9-16(14)17/h2-9H,10-12H2,1H3. The molecule has 2 aromatic rings. The normalized spacial score (nSPS) is 20.1. The summed E-state index contributed by atoms with van der Waals surface area (Å²) >= 11 is 0. The van der Waals surface area contributed by atoms with Crippen molar-refractivity contribution in [3.63, 3.8) is 0 Å². The van der Waals surface area contributed by atoms with Gasteiger partial charge in [0, 0.05) is 12.0 Å². The third-order valence-electron chi connectivity index (χ3n) is 4.64. The van der Waals surface area contributed by atoms with Crippen LogP contribution < -0.4 is 0 Å². The second-order valence-corrected chi connectivity index (χ2v) is 5.66. The summed E-state index contributed by atoms with van der Waals surface area (Å²) in [6.45, 7) is 2.35. The highest BCUT2D eigenvalue weighted by Crippen LogP contribution is 2.52. The molecule has 1 fully saturated rings. The lowest BCUT2D eigenvalue weighted by Gasteiger charge is -2.26.